The molecule has 4 aliphatic carbocycles. The van der Waals surface area contributed by atoms with Crippen LogP contribution in [0.4, 0.5) is 0 Å². The predicted octanol–water partition coefficient (Wildman–Crippen LogP) is 1.13. The number of aliphatic hydroxyl groups is 1. The second kappa shape index (κ2) is 1.92. The van der Waals surface area contributed by atoms with E-state index in [1.165, 1.54) is 0 Å². The van der Waals surface area contributed by atoms with E-state index in [9.17, 15) is 9.90 Å². The molecule has 0 aromatic carbocycles. The average molecular weight is 166 g/mol. The van der Waals surface area contributed by atoms with Crippen molar-refractivity contribution >= 4 is 5.78 Å². The van der Waals surface area contributed by atoms with Crippen LogP contribution >= 0.6 is 0 Å². The minimum absolute atomic E-state index is 0.223. The Balaban J connectivity index is 2.00. The monoisotopic (exact) mass is 166 g/mol. The second-order valence-electron chi connectivity index (χ2n) is 4.97. The number of rotatable bonds is 0. The van der Waals surface area contributed by atoms with E-state index in [1.54, 1.807) is 0 Å². The van der Waals surface area contributed by atoms with E-state index in [1.807, 2.05) is 0 Å². The van der Waals surface area contributed by atoms with Crippen molar-refractivity contribution in [3.05, 3.63) is 0 Å². The van der Waals surface area contributed by atoms with Crippen molar-refractivity contribution < 1.29 is 9.90 Å². The molecule has 4 saturated carbocycles. The Morgan fingerprint density at radius 2 is 1.75 bits per heavy atom. The summed E-state index contributed by atoms with van der Waals surface area (Å²) in [6.45, 7) is 0. The first kappa shape index (κ1) is 7.07. The lowest BCUT2D eigenvalue weighted by Crippen LogP contribution is -2.54. The molecule has 4 fully saturated rings. The molecule has 4 bridgehead atoms. The fourth-order valence-corrected chi connectivity index (χ4v) is 3.71. The van der Waals surface area contributed by atoms with Gasteiger partial charge in [0.2, 0.25) is 0 Å². The van der Waals surface area contributed by atoms with E-state index in [0.29, 0.717) is 11.7 Å². The van der Waals surface area contributed by atoms with E-state index in [0.717, 1.165) is 32.1 Å². The highest BCUT2D eigenvalue weighted by molar-refractivity contribution is 5.85. The lowest BCUT2D eigenvalue weighted by atomic mass is 9.54. The molecule has 0 aromatic heterocycles. The van der Waals surface area contributed by atoms with Crippen LogP contribution in [0.25, 0.3) is 0 Å². The largest absolute Gasteiger partial charge is 0.390 e. The minimum Gasteiger partial charge on any atom is -0.390 e. The molecule has 66 valence electrons. The third-order valence-electron chi connectivity index (χ3n) is 3.96. The van der Waals surface area contributed by atoms with Crippen molar-refractivity contribution in [2.75, 3.05) is 0 Å². The predicted molar refractivity (Wildman–Crippen MR) is 43.5 cm³/mol. The normalized spacial score (nSPS) is 56.4. The average Bonchev–Trinajstić information content (AvgIpc) is 1.96. The molecule has 0 saturated heterocycles. The molecule has 4 atom stereocenters. The van der Waals surface area contributed by atoms with Gasteiger partial charge in [-0.3, -0.25) is 4.79 Å². The SMILES string of the molecule is O=C1[C@@H]2C[C@H]3C[C@H]1C[C@@](O)(C3)C2. The molecule has 1 N–H and O–H groups in total. The Hall–Kier alpha value is -0.370. The van der Waals surface area contributed by atoms with Gasteiger partial charge in [0.05, 0.1) is 5.60 Å². The van der Waals surface area contributed by atoms with Gasteiger partial charge in [-0.05, 0) is 38.0 Å². The number of carbonyl (C=O) groups excluding carboxylic acids is 1. The van der Waals surface area contributed by atoms with Crippen molar-refractivity contribution in [3.8, 4) is 0 Å². The third-order valence-corrected chi connectivity index (χ3v) is 3.96. The molecular weight excluding hydrogens is 152 g/mol. The van der Waals surface area contributed by atoms with Gasteiger partial charge in [-0.25, -0.2) is 0 Å². The van der Waals surface area contributed by atoms with Crippen LogP contribution in [0.1, 0.15) is 32.1 Å². The quantitative estimate of drug-likeness (QED) is 0.585. The van der Waals surface area contributed by atoms with Crippen molar-refractivity contribution in [2.45, 2.75) is 37.7 Å². The van der Waals surface area contributed by atoms with Crippen molar-refractivity contribution in [1.29, 1.82) is 0 Å². The third kappa shape index (κ3) is 0.764. The summed E-state index contributed by atoms with van der Waals surface area (Å²) in [6.07, 6.45) is 4.63. The molecule has 4 aliphatic rings. The van der Waals surface area contributed by atoms with Gasteiger partial charge in [-0.1, -0.05) is 0 Å². The highest BCUT2D eigenvalue weighted by Crippen LogP contribution is 2.53. The van der Waals surface area contributed by atoms with Crippen LogP contribution in [0.15, 0.2) is 0 Å². The number of ketones is 1. The topological polar surface area (TPSA) is 37.3 Å². The smallest absolute Gasteiger partial charge is 0.139 e. The van der Waals surface area contributed by atoms with E-state index >= 15 is 0 Å². The standard InChI is InChI=1S/C10H14O2/c11-9-7-1-6-2-8(9)5-10(12,3-6)4-7/h6-8,12H,1-5H2/t6-,7+,8-,10+. The lowest BCUT2D eigenvalue weighted by Gasteiger charge is -2.53. The summed E-state index contributed by atoms with van der Waals surface area (Å²) in [5.41, 5.74) is -0.440. The molecule has 0 aromatic rings. The first-order chi connectivity index (χ1) is 5.66. The molecule has 0 amide bonds. The number of hydrogen-bond donors (Lipinski definition) is 1. The lowest BCUT2D eigenvalue weighted by molar-refractivity contribution is -0.161. The molecule has 0 radical (unpaired) electrons. The summed E-state index contributed by atoms with van der Waals surface area (Å²) in [7, 11) is 0. The van der Waals surface area contributed by atoms with Gasteiger partial charge in [-0.2, -0.15) is 0 Å². The van der Waals surface area contributed by atoms with Gasteiger partial charge < -0.3 is 5.11 Å². The summed E-state index contributed by atoms with van der Waals surface area (Å²) in [4.78, 5) is 11.6. The van der Waals surface area contributed by atoms with Crippen LogP contribution < -0.4 is 0 Å². The Labute approximate surface area is 72.0 Å². The maximum atomic E-state index is 11.6. The molecule has 0 aliphatic heterocycles. The van der Waals surface area contributed by atoms with Crippen LogP contribution in [0, 0.1) is 17.8 Å². The second-order valence-corrected chi connectivity index (χ2v) is 4.97. The van der Waals surface area contributed by atoms with E-state index in [2.05, 4.69) is 0 Å². The van der Waals surface area contributed by atoms with Crippen molar-refractivity contribution in [2.24, 2.45) is 17.8 Å². The Morgan fingerprint density at radius 3 is 2.25 bits per heavy atom. The molecule has 0 heterocycles. The Morgan fingerprint density at radius 1 is 1.17 bits per heavy atom. The zero-order chi connectivity index (χ0) is 8.34. The fraction of sp³-hybridized carbons (Fsp3) is 0.900. The van der Waals surface area contributed by atoms with Crippen LogP contribution in [-0.2, 0) is 4.79 Å². The molecule has 4 rings (SSSR count). The van der Waals surface area contributed by atoms with E-state index < -0.39 is 5.60 Å². The van der Waals surface area contributed by atoms with Gasteiger partial charge in [0, 0.05) is 11.8 Å². The van der Waals surface area contributed by atoms with Crippen LogP contribution in [-0.4, -0.2) is 16.5 Å². The Bertz CT molecular complexity index is 228. The number of hydrogen-bond acceptors (Lipinski definition) is 2. The van der Waals surface area contributed by atoms with Gasteiger partial charge in [-0.15, -0.1) is 0 Å². The number of Topliss-reactive ketones (excluding diaryl/α,β-unsaturated/α-hetero) is 1. The zero-order valence-electron chi connectivity index (χ0n) is 7.12. The van der Waals surface area contributed by atoms with Crippen molar-refractivity contribution in [3.63, 3.8) is 0 Å². The summed E-state index contributed by atoms with van der Waals surface area (Å²) in [6, 6.07) is 0. The van der Waals surface area contributed by atoms with Crippen LogP contribution in [0.2, 0.25) is 0 Å². The van der Waals surface area contributed by atoms with Crippen LogP contribution in [0.3, 0.4) is 0 Å². The van der Waals surface area contributed by atoms with Crippen LogP contribution in [0.5, 0.6) is 0 Å². The molecular formula is C10H14O2. The zero-order valence-corrected chi connectivity index (χ0v) is 7.12. The van der Waals surface area contributed by atoms with Gasteiger partial charge >= 0.3 is 0 Å². The summed E-state index contributed by atoms with van der Waals surface area (Å²) in [5.74, 6) is 1.56. The van der Waals surface area contributed by atoms with Crippen molar-refractivity contribution in [1.82, 2.24) is 0 Å². The highest BCUT2D eigenvalue weighted by atomic mass is 16.3. The van der Waals surface area contributed by atoms with Gasteiger partial charge in [0.1, 0.15) is 5.78 Å². The fourth-order valence-electron chi connectivity index (χ4n) is 3.71. The molecule has 2 nitrogen and oxygen atoms in total. The molecule has 2 heteroatoms. The van der Waals surface area contributed by atoms with Gasteiger partial charge in [0.15, 0.2) is 0 Å². The van der Waals surface area contributed by atoms with Gasteiger partial charge in [0.25, 0.3) is 0 Å². The number of carbonyl (C=O) groups is 1. The maximum Gasteiger partial charge on any atom is 0.139 e. The molecule has 0 unspecified atom stereocenters. The van der Waals surface area contributed by atoms with E-state index in [-0.39, 0.29) is 11.8 Å². The first-order valence-electron chi connectivity index (χ1n) is 4.92. The molecule has 0 spiro atoms. The summed E-state index contributed by atoms with van der Waals surface area (Å²) in [5, 5.41) is 10.1. The summed E-state index contributed by atoms with van der Waals surface area (Å²) < 4.78 is 0. The Kier molecular flexibility index (Phi) is 1.13. The summed E-state index contributed by atoms with van der Waals surface area (Å²) >= 11 is 0. The van der Waals surface area contributed by atoms with E-state index in [4.69, 9.17) is 0 Å². The minimum atomic E-state index is -0.440. The molecule has 12 heavy (non-hydrogen) atoms. The highest BCUT2D eigenvalue weighted by Gasteiger charge is 2.54. The maximum absolute atomic E-state index is 11.6. The first-order valence-corrected chi connectivity index (χ1v) is 4.92.